The summed E-state index contributed by atoms with van der Waals surface area (Å²) in [4.78, 5) is 8.39. The zero-order chi connectivity index (χ0) is 11.0. The lowest BCUT2D eigenvalue weighted by atomic mass is 10.3. The molecule has 0 unspecified atom stereocenters. The molecule has 0 spiro atoms. The Bertz CT molecular complexity index is 634. The van der Waals surface area contributed by atoms with E-state index in [1.54, 1.807) is 29.8 Å². The van der Waals surface area contributed by atoms with Gasteiger partial charge in [0, 0.05) is 18.0 Å². The third-order valence-corrected chi connectivity index (χ3v) is 3.39. The number of rotatable bonds is 1. The molecule has 16 heavy (non-hydrogen) atoms. The number of hydrogen-bond acceptors (Lipinski definition) is 4. The number of aromatic nitrogens is 2. The molecule has 3 nitrogen and oxygen atoms in total. The molecule has 0 radical (unpaired) electrons. The summed E-state index contributed by atoms with van der Waals surface area (Å²) in [6, 6.07) is 9.26. The van der Waals surface area contributed by atoms with E-state index in [4.69, 9.17) is 0 Å². The average Bonchev–Trinajstić information content (AvgIpc) is 2.76. The molecule has 78 valence electrons. The predicted octanol–water partition coefficient (Wildman–Crippen LogP) is 3.06. The van der Waals surface area contributed by atoms with E-state index in [-0.39, 0.29) is 5.75 Å². The highest BCUT2D eigenvalue weighted by Crippen LogP contribution is 2.33. The normalized spacial score (nSPS) is 10.8. The maximum Gasteiger partial charge on any atom is 0.142 e. The number of nitrogens with zero attached hydrogens (tertiary/aromatic N) is 2. The van der Waals surface area contributed by atoms with E-state index < -0.39 is 0 Å². The molecular formula is C12H8N2OS. The van der Waals surface area contributed by atoms with Crippen LogP contribution >= 0.6 is 11.3 Å². The molecule has 0 bridgehead atoms. The first-order valence-corrected chi connectivity index (χ1v) is 5.65. The number of benzene rings is 1. The van der Waals surface area contributed by atoms with Crippen molar-refractivity contribution < 1.29 is 5.11 Å². The topological polar surface area (TPSA) is 46.0 Å². The van der Waals surface area contributed by atoms with Gasteiger partial charge in [0.25, 0.3) is 0 Å². The average molecular weight is 228 g/mol. The van der Waals surface area contributed by atoms with Gasteiger partial charge in [-0.25, -0.2) is 4.98 Å². The quantitative estimate of drug-likeness (QED) is 0.696. The Morgan fingerprint density at radius 1 is 1.06 bits per heavy atom. The molecular weight excluding hydrogens is 220 g/mol. The van der Waals surface area contributed by atoms with E-state index in [9.17, 15) is 5.11 Å². The number of para-hydroxylation sites is 1. The largest absolute Gasteiger partial charge is 0.506 e. The van der Waals surface area contributed by atoms with Gasteiger partial charge in [-0.15, -0.1) is 11.3 Å². The van der Waals surface area contributed by atoms with Crippen molar-refractivity contribution in [3.05, 3.63) is 42.7 Å². The number of phenols is 1. The van der Waals surface area contributed by atoms with Crippen molar-refractivity contribution in [2.45, 2.75) is 0 Å². The minimum absolute atomic E-state index is 0.231. The van der Waals surface area contributed by atoms with E-state index in [0.717, 1.165) is 15.3 Å². The molecule has 4 heteroatoms. The Kier molecular flexibility index (Phi) is 2.08. The molecule has 0 amide bonds. The summed E-state index contributed by atoms with van der Waals surface area (Å²) in [5, 5.41) is 10.6. The van der Waals surface area contributed by atoms with Gasteiger partial charge in [0.2, 0.25) is 0 Å². The maximum absolute atomic E-state index is 9.66. The molecule has 2 heterocycles. The fraction of sp³-hybridized carbons (Fsp3) is 0. The summed E-state index contributed by atoms with van der Waals surface area (Å²) >= 11 is 1.57. The molecule has 0 atom stereocenters. The van der Waals surface area contributed by atoms with E-state index in [1.165, 1.54) is 0 Å². The Balaban J connectivity index is 2.23. The zero-order valence-corrected chi connectivity index (χ0v) is 9.11. The van der Waals surface area contributed by atoms with Crippen molar-refractivity contribution in [1.29, 1.82) is 0 Å². The van der Waals surface area contributed by atoms with Crippen LogP contribution in [0.5, 0.6) is 5.75 Å². The van der Waals surface area contributed by atoms with Crippen LogP contribution in [-0.2, 0) is 0 Å². The Morgan fingerprint density at radius 2 is 1.88 bits per heavy atom. The number of phenolic OH excluding ortho intramolecular Hbond substituents is 1. The number of pyridine rings is 1. The standard InChI is InChI=1S/C12H8N2OS/c15-9-2-1-3-10-11(9)14-12(16-10)8-4-6-13-7-5-8/h1-7,15H. The highest BCUT2D eigenvalue weighted by Gasteiger charge is 2.08. The Hall–Kier alpha value is -1.94. The lowest BCUT2D eigenvalue weighted by Crippen LogP contribution is -1.76. The van der Waals surface area contributed by atoms with Crippen LogP contribution in [0.2, 0.25) is 0 Å². The van der Waals surface area contributed by atoms with E-state index in [2.05, 4.69) is 9.97 Å². The number of fused-ring (bicyclic) bond motifs is 1. The van der Waals surface area contributed by atoms with Crippen LogP contribution in [0.4, 0.5) is 0 Å². The van der Waals surface area contributed by atoms with Gasteiger partial charge in [-0.1, -0.05) is 6.07 Å². The molecule has 1 N–H and O–H groups in total. The van der Waals surface area contributed by atoms with Crippen LogP contribution in [0, 0.1) is 0 Å². The van der Waals surface area contributed by atoms with Gasteiger partial charge in [-0.05, 0) is 24.3 Å². The monoisotopic (exact) mass is 228 g/mol. The smallest absolute Gasteiger partial charge is 0.142 e. The highest BCUT2D eigenvalue weighted by molar-refractivity contribution is 7.21. The van der Waals surface area contributed by atoms with Crippen LogP contribution in [0.25, 0.3) is 20.8 Å². The highest BCUT2D eigenvalue weighted by atomic mass is 32.1. The van der Waals surface area contributed by atoms with Gasteiger partial charge in [-0.3, -0.25) is 4.98 Å². The molecule has 1 aromatic carbocycles. The van der Waals surface area contributed by atoms with Gasteiger partial charge < -0.3 is 5.11 Å². The van der Waals surface area contributed by atoms with Crippen LogP contribution in [0.15, 0.2) is 42.7 Å². The fourth-order valence-electron chi connectivity index (χ4n) is 1.55. The van der Waals surface area contributed by atoms with Crippen LogP contribution < -0.4 is 0 Å². The third kappa shape index (κ3) is 1.44. The van der Waals surface area contributed by atoms with Crippen molar-refractivity contribution in [2.75, 3.05) is 0 Å². The first kappa shape index (κ1) is 9.30. The summed E-state index contributed by atoms with van der Waals surface area (Å²) in [5.41, 5.74) is 1.69. The number of thiazole rings is 1. The number of aromatic hydroxyl groups is 1. The van der Waals surface area contributed by atoms with Crippen molar-refractivity contribution in [3.8, 4) is 16.3 Å². The van der Waals surface area contributed by atoms with Crippen LogP contribution in [0.3, 0.4) is 0 Å². The summed E-state index contributed by atoms with van der Waals surface area (Å²) in [6.45, 7) is 0. The molecule has 0 aliphatic rings. The van der Waals surface area contributed by atoms with Crippen LogP contribution in [0.1, 0.15) is 0 Å². The first-order valence-electron chi connectivity index (χ1n) is 4.83. The molecule has 0 fully saturated rings. The van der Waals surface area contributed by atoms with E-state index in [1.807, 2.05) is 24.3 Å². The summed E-state index contributed by atoms with van der Waals surface area (Å²) in [7, 11) is 0. The molecule has 3 aromatic rings. The Morgan fingerprint density at radius 3 is 2.62 bits per heavy atom. The lowest BCUT2D eigenvalue weighted by molar-refractivity contribution is 0.480. The van der Waals surface area contributed by atoms with Crippen molar-refractivity contribution in [2.24, 2.45) is 0 Å². The molecule has 0 aliphatic heterocycles. The summed E-state index contributed by atoms with van der Waals surface area (Å²) in [5.74, 6) is 0.231. The van der Waals surface area contributed by atoms with E-state index in [0.29, 0.717) is 5.52 Å². The molecule has 2 aromatic heterocycles. The van der Waals surface area contributed by atoms with Crippen molar-refractivity contribution >= 4 is 21.6 Å². The number of hydrogen-bond donors (Lipinski definition) is 1. The zero-order valence-electron chi connectivity index (χ0n) is 8.29. The fourth-order valence-corrected chi connectivity index (χ4v) is 2.54. The molecule has 0 saturated heterocycles. The third-order valence-electron chi connectivity index (χ3n) is 2.32. The van der Waals surface area contributed by atoms with Crippen molar-refractivity contribution in [3.63, 3.8) is 0 Å². The van der Waals surface area contributed by atoms with E-state index >= 15 is 0 Å². The molecule has 0 aliphatic carbocycles. The second kappa shape index (κ2) is 3.57. The van der Waals surface area contributed by atoms with Gasteiger partial charge in [0.1, 0.15) is 16.3 Å². The predicted molar refractivity (Wildman–Crippen MR) is 64.5 cm³/mol. The SMILES string of the molecule is Oc1cccc2sc(-c3ccncc3)nc12. The molecule has 0 saturated carbocycles. The van der Waals surface area contributed by atoms with Crippen LogP contribution in [-0.4, -0.2) is 15.1 Å². The Labute approximate surface area is 96.0 Å². The second-order valence-corrected chi connectivity index (χ2v) is 4.41. The summed E-state index contributed by atoms with van der Waals surface area (Å²) in [6.07, 6.45) is 3.47. The van der Waals surface area contributed by atoms with Crippen molar-refractivity contribution in [1.82, 2.24) is 9.97 Å². The van der Waals surface area contributed by atoms with Gasteiger partial charge in [0.15, 0.2) is 0 Å². The lowest BCUT2D eigenvalue weighted by Gasteiger charge is -1.92. The minimum atomic E-state index is 0.231. The van der Waals surface area contributed by atoms with Gasteiger partial charge >= 0.3 is 0 Å². The molecule has 3 rings (SSSR count). The maximum atomic E-state index is 9.66. The van der Waals surface area contributed by atoms with Gasteiger partial charge in [0.05, 0.1) is 4.70 Å². The van der Waals surface area contributed by atoms with Gasteiger partial charge in [-0.2, -0.15) is 0 Å². The minimum Gasteiger partial charge on any atom is -0.506 e. The first-order chi connectivity index (χ1) is 7.84. The second-order valence-electron chi connectivity index (χ2n) is 3.38. The summed E-state index contributed by atoms with van der Waals surface area (Å²) < 4.78 is 0.992.